The molecule has 582 valence electrons. The Balaban J connectivity index is 0.000000155. The zero-order valence-electron chi connectivity index (χ0n) is 68.6. The van der Waals surface area contributed by atoms with E-state index >= 15 is 0 Å². The first-order valence-corrected chi connectivity index (χ1v) is 51.2. The predicted molar refractivity (Wildman–Crippen MR) is 441 cm³/mol. The molecule has 12 aromatic carbocycles. The summed E-state index contributed by atoms with van der Waals surface area (Å²) in [5, 5.41) is 10.5. The predicted octanol–water partition coefficient (Wildman–Crippen LogP) is 6.76. The largest absolute Gasteiger partial charge is 0.497 e. The van der Waals surface area contributed by atoms with Gasteiger partial charge in [0.1, 0.15) is 17.2 Å². The van der Waals surface area contributed by atoms with Crippen molar-refractivity contribution in [1.82, 2.24) is 0 Å². The van der Waals surface area contributed by atoms with Crippen molar-refractivity contribution in [2.75, 3.05) is 21.3 Å². The normalized spacial score (nSPS) is 12.2. The van der Waals surface area contributed by atoms with Crippen LogP contribution in [0.4, 0.5) is 5.69 Å². The molecule has 2 saturated carbocycles. The summed E-state index contributed by atoms with van der Waals surface area (Å²) >= 11 is -0.616. The highest BCUT2D eigenvalue weighted by atomic mass is 127. The van der Waals surface area contributed by atoms with E-state index in [0.717, 1.165) is 29.1 Å². The Morgan fingerprint density at radius 3 is 0.821 bits per heavy atom. The number of aryl methyl sites for hydroxylation is 8. The van der Waals surface area contributed by atoms with Crippen molar-refractivity contribution in [2.45, 2.75) is 165 Å². The summed E-state index contributed by atoms with van der Waals surface area (Å²) < 4.78 is 33.5. The molecule has 0 amide bonds. The molecule has 0 heterocycles. The third kappa shape index (κ3) is 29.2. The van der Waals surface area contributed by atoms with E-state index in [1.54, 1.807) is 51.7 Å². The molecule has 14 rings (SSSR count). The third-order valence-corrected chi connectivity index (χ3v) is 37.6. The van der Waals surface area contributed by atoms with Crippen LogP contribution in [0, 0.1) is 108 Å². The molecule has 0 radical (unpaired) electrons. The van der Waals surface area contributed by atoms with E-state index in [1.165, 1.54) is 123 Å². The zero-order valence-corrected chi connectivity index (χ0v) is 81.6. The van der Waals surface area contributed by atoms with E-state index in [9.17, 15) is 10.1 Å². The van der Waals surface area contributed by atoms with Gasteiger partial charge in [-0.3, -0.25) is 10.1 Å². The van der Waals surface area contributed by atoms with Gasteiger partial charge in [-0.1, -0.05) is 170 Å². The van der Waals surface area contributed by atoms with E-state index < -0.39 is 0 Å². The average molecular weight is 2170 g/mol. The van der Waals surface area contributed by atoms with E-state index in [2.05, 4.69) is 329 Å². The Labute approximate surface area is 733 Å². The zero-order chi connectivity index (χ0) is 80.7. The molecule has 12 heteroatoms. The van der Waals surface area contributed by atoms with Gasteiger partial charge in [-0.05, 0) is 283 Å². The smallest absolute Gasteiger partial charge is 0.358 e. The van der Waals surface area contributed by atoms with Crippen LogP contribution in [-0.4, -0.2) is 26.3 Å². The van der Waals surface area contributed by atoms with Crippen molar-refractivity contribution in [2.24, 2.45) is 0 Å². The van der Waals surface area contributed by atoms with Crippen LogP contribution in [0.5, 0.6) is 17.2 Å². The molecule has 6 nitrogen and oxygen atoms in total. The first-order valence-electron chi connectivity index (χ1n) is 38.3. The van der Waals surface area contributed by atoms with Gasteiger partial charge in [0.05, 0.1) is 26.3 Å². The maximum Gasteiger partial charge on any atom is 0.358 e. The molecule has 0 atom stereocenters. The quantitative estimate of drug-likeness (QED) is 0.0509. The summed E-state index contributed by atoms with van der Waals surface area (Å²) in [6.45, 7) is 35.4. The minimum Gasteiger partial charge on any atom is -0.497 e. The van der Waals surface area contributed by atoms with E-state index in [4.69, 9.17) is 14.2 Å². The highest BCUT2D eigenvalue weighted by Gasteiger charge is 2.29. The SMILES string of the molecule is COc1cc(C)c([I+]c2ccc(C(C)(C)C)cc2)c(C)c1.COc1cc(C)c([I+]c2ccc(C(C)C)cc2)c(C)c1.COc1cc(C)c([I+]c2ccc(C)cc2)c(C)c1.Cc1ccc([I+]c2ccc(C(C)(C)C)cc2)cc1.O=[N+]([O-])c1ccc([I+]c2ccccc2)cc1.c1cc(C2CC2)ccc1[I+]c1ccc(C2CC2)cc1. The van der Waals surface area contributed by atoms with Gasteiger partial charge in [0.15, 0.2) is 42.8 Å². The summed E-state index contributed by atoms with van der Waals surface area (Å²) in [5.41, 5.74) is 18.7. The maximum absolute atomic E-state index is 10.5. The highest BCUT2D eigenvalue weighted by molar-refractivity contribution is 5.36. The highest BCUT2D eigenvalue weighted by Crippen LogP contribution is 2.40. The summed E-state index contributed by atoms with van der Waals surface area (Å²) in [6.07, 6.45) is 5.60. The lowest BCUT2D eigenvalue weighted by Gasteiger charge is -2.18. The molecule has 0 spiro atoms. The summed E-state index contributed by atoms with van der Waals surface area (Å²) in [5.74, 6) is 5.24. The fraction of sp³-hybridized carbons (Fsp3) is 0.280. The van der Waals surface area contributed by atoms with Crippen LogP contribution in [0.2, 0.25) is 0 Å². The van der Waals surface area contributed by atoms with Crippen LogP contribution in [0.25, 0.3) is 0 Å². The fourth-order valence-electron chi connectivity index (χ4n) is 11.9. The Bertz CT molecular complexity index is 4810. The summed E-state index contributed by atoms with van der Waals surface area (Å²) in [7, 11) is 5.19. The van der Waals surface area contributed by atoms with Gasteiger partial charge in [0.2, 0.25) is 0 Å². The molecule has 0 aromatic heterocycles. The number of halogens is 6. The van der Waals surface area contributed by atoms with Crippen LogP contribution in [0.15, 0.2) is 261 Å². The number of nitrogens with zero attached hydrogens (tertiary/aromatic N) is 1. The Morgan fingerprint density at radius 2 is 0.571 bits per heavy atom. The third-order valence-electron chi connectivity index (χ3n) is 18.8. The molecule has 0 saturated heterocycles. The lowest BCUT2D eigenvalue weighted by atomic mass is 9.87. The van der Waals surface area contributed by atoms with E-state index in [1.807, 2.05) is 30.3 Å². The number of nitro groups is 1. The summed E-state index contributed by atoms with van der Waals surface area (Å²) in [6, 6.07) is 94.0. The second-order valence-electron chi connectivity index (χ2n) is 30.8. The number of non-ortho nitro benzene ring substituents is 1. The maximum atomic E-state index is 10.5. The van der Waals surface area contributed by atoms with Crippen LogP contribution >= 0.6 is 0 Å². The fourth-order valence-corrected chi connectivity index (χ4v) is 25.9. The van der Waals surface area contributed by atoms with Crippen LogP contribution in [0.1, 0.15) is 171 Å². The standard InChI is InChI=1S/C19H24IO.C18H22IO.C18H18I.C17H20I.C16H18IO.C12H9INO2/c1-13-11-17(21-6)12-14(2)18(13)20-16-9-7-15(8-10-16)19(3,4)5;1-12(2)15-6-8-16(9-7-15)19-18-13(3)10-17(20-5)11-14(18)4;1-2-13(1)15-5-9-17(10-6-15)19-18-11-7-16(8-12-18)14-3-4-14;1-13-5-9-15(10-6-13)18-16-11-7-14(8-12-16)17(2,3)4;1-11-5-7-14(8-6-11)17-16-12(2)9-15(18-4)10-13(16)3;15-14(16)12-8-6-11(7-9-12)13-10-4-2-1-3-5-10/h7-12H,1-6H3;6-12H,1-5H3;5-14H,1-4H2;5-12H,1-4H3;5-10H,1-4H3;1-9H/q6*+1. The van der Waals surface area contributed by atoms with Gasteiger partial charge < -0.3 is 14.2 Å². The number of methoxy groups -OCH3 is 3. The molecule has 2 fully saturated rings. The molecule has 12 aromatic rings. The minimum absolute atomic E-state index is 0.00425. The number of hydrogen-bond donors (Lipinski definition) is 0. The Hall–Kier alpha value is -6.18. The van der Waals surface area contributed by atoms with Gasteiger partial charge in [-0.2, -0.15) is 0 Å². The van der Waals surface area contributed by atoms with Gasteiger partial charge in [-0.25, -0.2) is 0 Å². The molecular weight excluding hydrogens is 2060 g/mol. The Kier molecular flexibility index (Phi) is 35.0. The number of hydrogen-bond acceptors (Lipinski definition) is 5. The molecular formula is C100H111I6NO5+6. The van der Waals surface area contributed by atoms with E-state index in [-0.39, 0.29) is 149 Å². The topological polar surface area (TPSA) is 70.8 Å². The van der Waals surface area contributed by atoms with Crippen LogP contribution in [-0.2, 0) is 10.8 Å². The van der Waals surface area contributed by atoms with Crippen LogP contribution in [0.3, 0.4) is 0 Å². The molecule has 112 heavy (non-hydrogen) atoms. The van der Waals surface area contributed by atoms with Crippen molar-refractivity contribution in [3.05, 3.63) is 386 Å². The lowest BCUT2D eigenvalue weighted by Crippen LogP contribution is -3.62. The van der Waals surface area contributed by atoms with Crippen molar-refractivity contribution < 1.29 is 146 Å². The van der Waals surface area contributed by atoms with Gasteiger partial charge in [-0.15, -0.1) is 0 Å². The molecule has 2 aliphatic carbocycles. The second-order valence-corrected chi connectivity index (χ2v) is 48.5. The average Bonchev–Trinajstić information content (AvgIpc) is 1.56. The molecule has 0 aliphatic heterocycles. The number of rotatable bonds is 19. The summed E-state index contributed by atoms with van der Waals surface area (Å²) in [4.78, 5) is 10.1. The number of nitro benzene ring substituents is 1. The first kappa shape index (κ1) is 89.7. The number of ether oxygens (including phenoxy) is 3. The molecule has 0 N–H and O–H groups in total. The molecule has 0 bridgehead atoms. The second kappa shape index (κ2) is 43.7. The molecule has 0 unspecified atom stereocenters. The van der Waals surface area contributed by atoms with E-state index in [0.29, 0.717) is 5.92 Å². The van der Waals surface area contributed by atoms with Crippen molar-refractivity contribution >= 4 is 5.69 Å². The monoisotopic (exact) mass is 2170 g/mol. The van der Waals surface area contributed by atoms with Gasteiger partial charge >= 0.3 is 127 Å². The van der Waals surface area contributed by atoms with Gasteiger partial charge in [0, 0.05) is 45.5 Å². The lowest BCUT2D eigenvalue weighted by molar-refractivity contribution is -0.599. The van der Waals surface area contributed by atoms with Crippen LogP contribution < -0.4 is 141 Å². The van der Waals surface area contributed by atoms with Gasteiger partial charge in [0.25, 0.3) is 5.69 Å². The molecule has 2 aliphatic rings. The first-order chi connectivity index (χ1) is 53.5. The van der Waals surface area contributed by atoms with Crippen molar-refractivity contribution in [1.29, 1.82) is 0 Å². The Morgan fingerprint density at radius 1 is 0.330 bits per heavy atom. The van der Waals surface area contributed by atoms with Crippen molar-refractivity contribution in [3.8, 4) is 17.2 Å². The number of benzene rings is 12. The van der Waals surface area contributed by atoms with Crippen molar-refractivity contribution in [3.63, 3.8) is 0 Å². The minimum atomic E-state index is -0.370.